The molecule has 0 saturated carbocycles. The molecular weight excluding hydrogens is 626 g/mol. The number of nitrogens with zero attached hydrogens (tertiary/aromatic N) is 2. The van der Waals surface area contributed by atoms with Crippen LogP contribution in [0.4, 0.5) is 5.69 Å². The van der Waals surface area contributed by atoms with Crippen molar-refractivity contribution in [3.8, 4) is 0 Å². The minimum absolute atomic E-state index is 0.0785. The quantitative estimate of drug-likeness (QED) is 0.187. The molecule has 4 aromatic rings. The zero-order valence-corrected chi connectivity index (χ0v) is 26.7. The number of halogens is 1. The molecule has 0 aromatic heterocycles. The van der Waals surface area contributed by atoms with E-state index >= 15 is 0 Å². The average Bonchev–Trinajstić information content (AvgIpc) is 3.01. The first-order valence-corrected chi connectivity index (χ1v) is 16.4. The second-order valence-corrected chi connectivity index (χ2v) is 13.1. The predicted octanol–water partition coefficient (Wildman–Crippen LogP) is 6.12. The van der Waals surface area contributed by atoms with Gasteiger partial charge in [0.1, 0.15) is 12.6 Å². The van der Waals surface area contributed by atoms with Crippen molar-refractivity contribution >= 4 is 43.5 Å². The summed E-state index contributed by atoms with van der Waals surface area (Å²) in [4.78, 5) is 29.6. The van der Waals surface area contributed by atoms with Gasteiger partial charge in [-0.2, -0.15) is 0 Å². The topological polar surface area (TPSA) is 86.8 Å². The third kappa shape index (κ3) is 8.55. The normalized spacial score (nSPS) is 11.9. The van der Waals surface area contributed by atoms with Crippen LogP contribution in [0.2, 0.25) is 0 Å². The molecule has 1 N–H and O–H groups in total. The molecule has 0 bridgehead atoms. The van der Waals surface area contributed by atoms with Crippen LogP contribution in [0.15, 0.2) is 119 Å². The lowest BCUT2D eigenvalue weighted by molar-refractivity contribution is -0.140. The molecule has 0 aliphatic rings. The van der Waals surface area contributed by atoms with E-state index in [1.54, 1.807) is 54.6 Å². The van der Waals surface area contributed by atoms with E-state index in [2.05, 4.69) is 21.2 Å². The molecule has 224 valence electrons. The highest BCUT2D eigenvalue weighted by Gasteiger charge is 2.34. The van der Waals surface area contributed by atoms with Crippen molar-refractivity contribution in [2.75, 3.05) is 17.4 Å². The second-order valence-electron chi connectivity index (χ2n) is 10.3. The molecule has 7 nitrogen and oxygen atoms in total. The molecule has 0 aliphatic carbocycles. The van der Waals surface area contributed by atoms with Gasteiger partial charge in [0, 0.05) is 24.0 Å². The van der Waals surface area contributed by atoms with Gasteiger partial charge in [-0.05, 0) is 60.9 Å². The third-order valence-corrected chi connectivity index (χ3v) is 9.28. The lowest BCUT2D eigenvalue weighted by atomic mass is 10.0. The summed E-state index contributed by atoms with van der Waals surface area (Å²) in [6, 6.07) is 31.3. The smallest absolute Gasteiger partial charge is 0.264 e. The van der Waals surface area contributed by atoms with Gasteiger partial charge in [-0.15, -0.1) is 0 Å². The number of nitrogens with one attached hydrogen (secondary N) is 1. The molecular formula is C34H36BrN3O4S. The minimum atomic E-state index is -4.12. The summed E-state index contributed by atoms with van der Waals surface area (Å²) in [5.74, 6) is -0.784. The number of para-hydroxylation sites is 1. The molecule has 43 heavy (non-hydrogen) atoms. The van der Waals surface area contributed by atoms with Gasteiger partial charge in [-0.1, -0.05) is 101 Å². The van der Waals surface area contributed by atoms with E-state index in [0.717, 1.165) is 31.9 Å². The number of rotatable bonds is 13. The summed E-state index contributed by atoms with van der Waals surface area (Å²) in [5, 5.41) is 2.96. The summed E-state index contributed by atoms with van der Waals surface area (Å²) in [7, 11) is -4.12. The lowest BCUT2D eigenvalue weighted by Gasteiger charge is -2.34. The van der Waals surface area contributed by atoms with Gasteiger partial charge < -0.3 is 10.2 Å². The van der Waals surface area contributed by atoms with Gasteiger partial charge in [0.15, 0.2) is 0 Å². The van der Waals surface area contributed by atoms with Crippen molar-refractivity contribution in [2.24, 2.45) is 0 Å². The first-order chi connectivity index (χ1) is 20.7. The van der Waals surface area contributed by atoms with E-state index in [1.165, 1.54) is 4.90 Å². The van der Waals surface area contributed by atoms with Gasteiger partial charge in [0.05, 0.1) is 10.6 Å². The Morgan fingerprint density at radius 3 is 2.09 bits per heavy atom. The van der Waals surface area contributed by atoms with Crippen LogP contribution in [0.25, 0.3) is 0 Å². The minimum Gasteiger partial charge on any atom is -0.354 e. The number of aryl methyl sites for hydroxylation is 1. The van der Waals surface area contributed by atoms with Crippen LogP contribution in [0.3, 0.4) is 0 Å². The maximum Gasteiger partial charge on any atom is 0.264 e. The largest absolute Gasteiger partial charge is 0.354 e. The standard InChI is InChI=1S/C34H36BrN3O4S/c1-3-21-36-34(40)32(23-27-11-6-4-7-12-27)37(24-28-13-10-14-29(35)22-28)33(39)25-38(30-15-8-5-9-16-30)43(41,42)31-19-17-26(2)18-20-31/h4-20,22,32H,3,21,23-25H2,1-2H3,(H,36,40)/t32-/m0/s1. The Morgan fingerprint density at radius 2 is 1.47 bits per heavy atom. The third-order valence-electron chi connectivity index (χ3n) is 6.99. The first kappa shape index (κ1) is 32.0. The van der Waals surface area contributed by atoms with Crippen molar-refractivity contribution in [3.63, 3.8) is 0 Å². The Balaban J connectivity index is 1.78. The molecule has 9 heteroatoms. The number of hydrogen-bond donors (Lipinski definition) is 1. The average molecular weight is 663 g/mol. The maximum absolute atomic E-state index is 14.4. The van der Waals surface area contributed by atoms with Gasteiger partial charge >= 0.3 is 0 Å². The Morgan fingerprint density at radius 1 is 0.837 bits per heavy atom. The van der Waals surface area contributed by atoms with E-state index in [4.69, 9.17) is 0 Å². The van der Waals surface area contributed by atoms with Gasteiger partial charge in [0.2, 0.25) is 11.8 Å². The molecule has 0 spiro atoms. The second kappa shape index (κ2) is 15.0. The number of carbonyl (C=O) groups is 2. The van der Waals surface area contributed by atoms with Crippen LogP contribution in [0, 0.1) is 6.92 Å². The van der Waals surface area contributed by atoms with Gasteiger partial charge in [-0.25, -0.2) is 8.42 Å². The van der Waals surface area contributed by atoms with Crippen LogP contribution in [0.1, 0.15) is 30.0 Å². The molecule has 0 heterocycles. The lowest BCUT2D eigenvalue weighted by Crippen LogP contribution is -2.53. The molecule has 0 saturated heterocycles. The fourth-order valence-corrected chi connectivity index (χ4v) is 6.57. The van der Waals surface area contributed by atoms with Crippen LogP contribution in [0.5, 0.6) is 0 Å². The van der Waals surface area contributed by atoms with E-state index < -0.39 is 28.5 Å². The van der Waals surface area contributed by atoms with E-state index in [0.29, 0.717) is 12.2 Å². The summed E-state index contributed by atoms with van der Waals surface area (Å²) < 4.78 is 30.0. The summed E-state index contributed by atoms with van der Waals surface area (Å²) in [6.07, 6.45) is 1.01. The molecule has 4 rings (SSSR count). The molecule has 4 aromatic carbocycles. The van der Waals surface area contributed by atoms with Crippen molar-refractivity contribution in [2.45, 2.75) is 44.2 Å². The molecule has 0 radical (unpaired) electrons. The highest BCUT2D eigenvalue weighted by Crippen LogP contribution is 2.25. The SMILES string of the molecule is CCCNC(=O)[C@H](Cc1ccccc1)N(Cc1cccc(Br)c1)C(=O)CN(c1ccccc1)S(=O)(=O)c1ccc(C)cc1. The highest BCUT2D eigenvalue weighted by molar-refractivity contribution is 9.10. The van der Waals surface area contributed by atoms with Crippen LogP contribution < -0.4 is 9.62 Å². The Kier molecular flexibility index (Phi) is 11.1. The Bertz CT molecular complexity index is 1610. The summed E-state index contributed by atoms with van der Waals surface area (Å²) in [5.41, 5.74) is 2.97. The van der Waals surface area contributed by atoms with Crippen molar-refractivity contribution < 1.29 is 18.0 Å². The Labute approximate surface area is 262 Å². The van der Waals surface area contributed by atoms with Crippen molar-refractivity contribution in [1.82, 2.24) is 10.2 Å². The zero-order valence-electron chi connectivity index (χ0n) is 24.3. The first-order valence-electron chi connectivity index (χ1n) is 14.2. The van der Waals surface area contributed by atoms with E-state index in [1.807, 2.05) is 68.4 Å². The van der Waals surface area contributed by atoms with Crippen molar-refractivity contribution in [3.05, 3.63) is 130 Å². The molecule has 0 aliphatic heterocycles. The zero-order chi connectivity index (χ0) is 30.8. The number of anilines is 1. The van der Waals surface area contributed by atoms with E-state index in [9.17, 15) is 18.0 Å². The monoisotopic (exact) mass is 661 g/mol. The maximum atomic E-state index is 14.4. The number of sulfonamides is 1. The summed E-state index contributed by atoms with van der Waals surface area (Å²) >= 11 is 3.50. The number of hydrogen-bond acceptors (Lipinski definition) is 4. The van der Waals surface area contributed by atoms with Crippen molar-refractivity contribution in [1.29, 1.82) is 0 Å². The van der Waals surface area contributed by atoms with E-state index in [-0.39, 0.29) is 23.8 Å². The van der Waals surface area contributed by atoms with Gasteiger partial charge in [-0.3, -0.25) is 13.9 Å². The number of amides is 2. The number of benzene rings is 4. The molecule has 0 unspecified atom stereocenters. The number of carbonyl (C=O) groups excluding carboxylic acids is 2. The van der Waals surface area contributed by atoms with Gasteiger partial charge in [0.25, 0.3) is 10.0 Å². The molecule has 2 amide bonds. The fraction of sp³-hybridized carbons (Fsp3) is 0.235. The van der Waals surface area contributed by atoms with Crippen LogP contribution in [-0.2, 0) is 32.6 Å². The predicted molar refractivity (Wildman–Crippen MR) is 174 cm³/mol. The highest BCUT2D eigenvalue weighted by atomic mass is 79.9. The summed E-state index contributed by atoms with van der Waals surface area (Å²) in [6.45, 7) is 3.93. The van der Waals surface area contributed by atoms with Crippen LogP contribution >= 0.6 is 15.9 Å². The molecule has 0 fully saturated rings. The fourth-order valence-electron chi connectivity index (χ4n) is 4.71. The Hall–Kier alpha value is -3.95. The molecule has 1 atom stereocenters. The van der Waals surface area contributed by atoms with Crippen LogP contribution in [-0.4, -0.2) is 44.3 Å².